The summed E-state index contributed by atoms with van der Waals surface area (Å²) < 4.78 is 45.7. The Kier molecular flexibility index (Phi) is 10.4. The van der Waals surface area contributed by atoms with Crippen molar-refractivity contribution < 1.29 is 22.7 Å². The first kappa shape index (κ1) is 25.7. The summed E-state index contributed by atoms with van der Waals surface area (Å²) in [5.41, 5.74) is 0.278. The lowest BCUT2D eigenvalue weighted by Gasteiger charge is -2.36. The van der Waals surface area contributed by atoms with Crippen LogP contribution in [0, 0.1) is 0 Å². The number of hydrogen-bond acceptors (Lipinski definition) is 6. The van der Waals surface area contributed by atoms with Gasteiger partial charge in [0.2, 0.25) is 0 Å². The van der Waals surface area contributed by atoms with Crippen molar-refractivity contribution in [2.45, 2.75) is 12.2 Å². The molecule has 0 radical (unpaired) electrons. The number of halogens is 5. The molecule has 2 N–H and O–H groups in total. The van der Waals surface area contributed by atoms with E-state index in [1.165, 1.54) is 4.90 Å². The Labute approximate surface area is 180 Å². The van der Waals surface area contributed by atoms with Crippen molar-refractivity contribution in [3.63, 3.8) is 0 Å². The molecule has 0 saturated carbocycles. The van der Waals surface area contributed by atoms with Crippen LogP contribution in [0.3, 0.4) is 0 Å². The highest BCUT2D eigenvalue weighted by Crippen LogP contribution is 2.25. The van der Waals surface area contributed by atoms with E-state index < -0.39 is 24.7 Å². The fourth-order valence-electron chi connectivity index (χ4n) is 3.33. The van der Waals surface area contributed by atoms with Gasteiger partial charge in [0.1, 0.15) is 11.9 Å². The molecule has 2 aliphatic rings. The Morgan fingerprint density at radius 3 is 2.48 bits per heavy atom. The van der Waals surface area contributed by atoms with Crippen LogP contribution in [-0.4, -0.2) is 87.0 Å². The molecule has 2 fully saturated rings. The highest BCUT2D eigenvalue weighted by atomic mass is 35.5. The SMILES string of the molecule is Cl.Cl.O=C(NCC(N1CCNCC1)C(F)(F)F)c1cccnc1N1CCOCC1. The van der Waals surface area contributed by atoms with E-state index in [1.807, 2.05) is 4.90 Å². The molecule has 166 valence electrons. The Morgan fingerprint density at radius 1 is 1.21 bits per heavy atom. The molecule has 1 aromatic heterocycles. The van der Waals surface area contributed by atoms with Gasteiger partial charge in [-0.15, -0.1) is 24.8 Å². The number of nitrogens with one attached hydrogen (secondary N) is 2. The molecule has 2 aliphatic heterocycles. The van der Waals surface area contributed by atoms with Crippen LogP contribution in [0.5, 0.6) is 0 Å². The molecule has 0 spiro atoms. The van der Waals surface area contributed by atoms with Gasteiger partial charge >= 0.3 is 6.18 Å². The predicted molar refractivity (Wildman–Crippen MR) is 108 cm³/mol. The van der Waals surface area contributed by atoms with E-state index in [-0.39, 0.29) is 30.4 Å². The van der Waals surface area contributed by atoms with Crippen molar-refractivity contribution in [2.75, 3.05) is 63.9 Å². The summed E-state index contributed by atoms with van der Waals surface area (Å²) in [5, 5.41) is 5.50. The van der Waals surface area contributed by atoms with Gasteiger partial charge in [0.05, 0.1) is 18.8 Å². The van der Waals surface area contributed by atoms with Crippen LogP contribution in [0.1, 0.15) is 10.4 Å². The monoisotopic (exact) mass is 459 g/mol. The van der Waals surface area contributed by atoms with Gasteiger partial charge in [-0.3, -0.25) is 9.69 Å². The second-order valence-corrected chi connectivity index (χ2v) is 6.53. The van der Waals surface area contributed by atoms with E-state index in [2.05, 4.69) is 15.6 Å². The van der Waals surface area contributed by atoms with Crippen molar-refractivity contribution in [2.24, 2.45) is 0 Å². The molecular formula is C17H26Cl2F3N5O2. The molecular weight excluding hydrogens is 434 g/mol. The second kappa shape index (κ2) is 11.8. The summed E-state index contributed by atoms with van der Waals surface area (Å²) in [6.07, 6.45) is -2.84. The standard InChI is InChI=1S/C17H24F3N5O2.2ClH/c18-17(19,20)14(24-6-4-21-5-7-24)12-23-16(26)13-2-1-3-22-15(13)25-8-10-27-11-9-25;;/h1-3,14,21H,4-12H2,(H,23,26);2*1H. The third-order valence-electron chi connectivity index (χ3n) is 4.77. The molecule has 3 rings (SSSR count). The molecule has 0 bridgehead atoms. The van der Waals surface area contributed by atoms with Gasteiger partial charge in [0, 0.05) is 52.0 Å². The van der Waals surface area contributed by atoms with Crippen LogP contribution in [-0.2, 0) is 4.74 Å². The number of carbonyl (C=O) groups excluding carboxylic acids is 1. The molecule has 1 atom stereocenters. The van der Waals surface area contributed by atoms with Gasteiger partial charge in [-0.2, -0.15) is 13.2 Å². The summed E-state index contributed by atoms with van der Waals surface area (Å²) in [6, 6.07) is 1.49. The molecule has 2 saturated heterocycles. The lowest BCUT2D eigenvalue weighted by molar-refractivity contribution is -0.183. The van der Waals surface area contributed by atoms with E-state index in [0.29, 0.717) is 58.3 Å². The molecule has 0 aromatic carbocycles. The molecule has 1 amide bonds. The summed E-state index contributed by atoms with van der Waals surface area (Å²) >= 11 is 0. The molecule has 1 aromatic rings. The van der Waals surface area contributed by atoms with Gasteiger partial charge in [-0.1, -0.05) is 0 Å². The van der Waals surface area contributed by atoms with Crippen molar-refractivity contribution in [3.05, 3.63) is 23.9 Å². The minimum absolute atomic E-state index is 0. The van der Waals surface area contributed by atoms with E-state index in [0.717, 1.165) is 0 Å². The number of morpholine rings is 1. The molecule has 3 heterocycles. The number of ether oxygens (including phenoxy) is 1. The van der Waals surface area contributed by atoms with Crippen molar-refractivity contribution in [1.29, 1.82) is 0 Å². The van der Waals surface area contributed by atoms with Crippen molar-refractivity contribution in [3.8, 4) is 0 Å². The Morgan fingerprint density at radius 2 is 1.86 bits per heavy atom. The summed E-state index contributed by atoms with van der Waals surface area (Å²) in [5.74, 6) is -0.0713. The Hall–Kier alpha value is -1.33. The van der Waals surface area contributed by atoms with Crippen LogP contribution in [0.2, 0.25) is 0 Å². The minimum atomic E-state index is -4.41. The highest BCUT2D eigenvalue weighted by molar-refractivity contribution is 5.98. The average Bonchev–Trinajstić information content (AvgIpc) is 2.68. The van der Waals surface area contributed by atoms with Gasteiger partial charge < -0.3 is 20.3 Å². The maximum Gasteiger partial charge on any atom is 0.405 e. The maximum atomic E-state index is 13.5. The number of hydrogen-bond donors (Lipinski definition) is 2. The van der Waals surface area contributed by atoms with Gasteiger partial charge in [-0.05, 0) is 12.1 Å². The third-order valence-corrected chi connectivity index (χ3v) is 4.77. The van der Waals surface area contributed by atoms with Crippen LogP contribution in [0.15, 0.2) is 18.3 Å². The zero-order valence-electron chi connectivity index (χ0n) is 15.8. The van der Waals surface area contributed by atoms with Crippen molar-refractivity contribution >= 4 is 36.5 Å². The Balaban J connectivity index is 0.00000210. The first-order valence-electron chi connectivity index (χ1n) is 9.04. The lowest BCUT2D eigenvalue weighted by atomic mass is 10.1. The molecule has 1 unspecified atom stereocenters. The van der Waals surface area contributed by atoms with E-state index >= 15 is 0 Å². The van der Waals surface area contributed by atoms with E-state index in [1.54, 1.807) is 18.3 Å². The smallest absolute Gasteiger partial charge is 0.378 e. The topological polar surface area (TPSA) is 69.7 Å². The zero-order chi connectivity index (χ0) is 19.3. The van der Waals surface area contributed by atoms with Gasteiger partial charge in [-0.25, -0.2) is 4.98 Å². The Bertz CT molecular complexity index is 642. The van der Waals surface area contributed by atoms with Gasteiger partial charge in [0.25, 0.3) is 5.91 Å². The number of carbonyl (C=O) groups is 1. The van der Waals surface area contributed by atoms with Crippen LogP contribution < -0.4 is 15.5 Å². The fraction of sp³-hybridized carbons (Fsp3) is 0.647. The first-order chi connectivity index (χ1) is 13.0. The highest BCUT2D eigenvalue weighted by Gasteiger charge is 2.44. The summed E-state index contributed by atoms with van der Waals surface area (Å²) in [6.45, 7) is 3.34. The quantitative estimate of drug-likeness (QED) is 0.692. The number of nitrogens with zero attached hydrogens (tertiary/aromatic N) is 3. The van der Waals surface area contributed by atoms with Crippen LogP contribution >= 0.6 is 24.8 Å². The average molecular weight is 460 g/mol. The lowest BCUT2D eigenvalue weighted by Crippen LogP contribution is -2.57. The number of anilines is 1. The molecule has 12 heteroatoms. The van der Waals surface area contributed by atoms with Crippen LogP contribution in [0.25, 0.3) is 0 Å². The van der Waals surface area contributed by atoms with Crippen LogP contribution in [0.4, 0.5) is 19.0 Å². The number of aromatic nitrogens is 1. The third kappa shape index (κ3) is 6.85. The molecule has 7 nitrogen and oxygen atoms in total. The number of alkyl halides is 3. The zero-order valence-corrected chi connectivity index (χ0v) is 17.4. The summed E-state index contributed by atoms with van der Waals surface area (Å²) in [4.78, 5) is 20.1. The molecule has 29 heavy (non-hydrogen) atoms. The number of amides is 1. The van der Waals surface area contributed by atoms with E-state index in [9.17, 15) is 18.0 Å². The number of rotatable bonds is 5. The molecule has 0 aliphatic carbocycles. The normalized spacial score (nSPS) is 18.9. The summed E-state index contributed by atoms with van der Waals surface area (Å²) in [7, 11) is 0. The number of piperazine rings is 1. The minimum Gasteiger partial charge on any atom is -0.378 e. The largest absolute Gasteiger partial charge is 0.405 e. The van der Waals surface area contributed by atoms with Gasteiger partial charge in [0.15, 0.2) is 0 Å². The number of pyridine rings is 1. The first-order valence-corrected chi connectivity index (χ1v) is 9.04. The fourth-order valence-corrected chi connectivity index (χ4v) is 3.33. The second-order valence-electron chi connectivity index (χ2n) is 6.53. The maximum absolute atomic E-state index is 13.5. The predicted octanol–water partition coefficient (Wildman–Crippen LogP) is 1.33. The van der Waals surface area contributed by atoms with E-state index in [4.69, 9.17) is 4.74 Å². The van der Waals surface area contributed by atoms with Crippen molar-refractivity contribution in [1.82, 2.24) is 20.5 Å².